The fourth-order valence-corrected chi connectivity index (χ4v) is 3.04. The Hall–Kier alpha value is -2.85. The summed E-state index contributed by atoms with van der Waals surface area (Å²) < 4.78 is 7.61. The lowest BCUT2D eigenvalue weighted by Gasteiger charge is -2.18. The van der Waals surface area contributed by atoms with Crippen LogP contribution in [0, 0.1) is 0 Å². The molecule has 0 aliphatic carbocycles. The Morgan fingerprint density at radius 3 is 2.54 bits per heavy atom. The van der Waals surface area contributed by atoms with Gasteiger partial charge in [-0.3, -0.25) is 5.32 Å². The van der Waals surface area contributed by atoms with Crippen molar-refractivity contribution in [3.63, 3.8) is 0 Å². The number of fused-ring (bicyclic) bond motifs is 1. The summed E-state index contributed by atoms with van der Waals surface area (Å²) in [5.41, 5.74) is 3.33. The van der Waals surface area contributed by atoms with Gasteiger partial charge in [0.15, 0.2) is 0 Å². The Balaban J connectivity index is 1.74. The molecule has 0 bridgehead atoms. The van der Waals surface area contributed by atoms with Crippen molar-refractivity contribution < 1.29 is 4.42 Å². The maximum atomic E-state index is 5.46. The van der Waals surface area contributed by atoms with E-state index in [4.69, 9.17) is 9.40 Å². The van der Waals surface area contributed by atoms with Gasteiger partial charge in [0.1, 0.15) is 11.6 Å². The number of imidazole rings is 1. The van der Waals surface area contributed by atoms with Crippen LogP contribution in [-0.2, 0) is 13.6 Å². The van der Waals surface area contributed by atoms with Crippen LogP contribution in [0.25, 0.3) is 11.0 Å². The third-order valence-electron chi connectivity index (χ3n) is 4.27. The lowest BCUT2D eigenvalue weighted by molar-refractivity contribution is 0.460. The fourth-order valence-electron chi connectivity index (χ4n) is 3.04. The molecule has 0 aliphatic rings. The van der Waals surface area contributed by atoms with Gasteiger partial charge in [-0.2, -0.15) is 0 Å². The summed E-state index contributed by atoms with van der Waals surface area (Å²) in [4.78, 5) is 4.86. The quantitative estimate of drug-likeness (QED) is 0.604. The molecule has 0 fully saturated rings. The summed E-state index contributed by atoms with van der Waals surface area (Å²) in [5.74, 6) is 1.91. The lowest BCUT2D eigenvalue weighted by atomic mass is 10.1. The summed E-state index contributed by atoms with van der Waals surface area (Å²) in [7, 11) is 2.06. The van der Waals surface area contributed by atoms with E-state index in [0.717, 1.165) is 22.6 Å². The zero-order chi connectivity index (χ0) is 16.4. The minimum Gasteiger partial charge on any atom is -0.468 e. The summed E-state index contributed by atoms with van der Waals surface area (Å²) >= 11 is 0. The van der Waals surface area contributed by atoms with E-state index >= 15 is 0 Å². The van der Waals surface area contributed by atoms with Gasteiger partial charge >= 0.3 is 0 Å². The Bertz CT molecular complexity index is 926. The largest absolute Gasteiger partial charge is 0.468 e. The first-order valence-electron chi connectivity index (χ1n) is 8.05. The first-order chi connectivity index (χ1) is 11.8. The molecule has 0 unspecified atom stereocenters. The van der Waals surface area contributed by atoms with Gasteiger partial charge in [0.05, 0.1) is 29.9 Å². The maximum absolute atomic E-state index is 5.46. The molecule has 4 aromatic rings. The summed E-state index contributed by atoms with van der Waals surface area (Å²) in [6, 6.07) is 22.5. The average molecular weight is 317 g/mol. The Morgan fingerprint density at radius 1 is 1.00 bits per heavy atom. The van der Waals surface area contributed by atoms with Crippen molar-refractivity contribution in [3.05, 3.63) is 90.1 Å². The summed E-state index contributed by atoms with van der Waals surface area (Å²) in [5, 5.41) is 3.58. The van der Waals surface area contributed by atoms with Gasteiger partial charge in [-0.15, -0.1) is 0 Å². The first kappa shape index (κ1) is 14.7. The second-order valence-electron chi connectivity index (χ2n) is 5.82. The predicted molar refractivity (Wildman–Crippen MR) is 94.5 cm³/mol. The molecule has 4 heteroatoms. The topological polar surface area (TPSA) is 43.0 Å². The van der Waals surface area contributed by atoms with Crippen LogP contribution in [-0.4, -0.2) is 9.55 Å². The molecule has 120 valence electrons. The molecule has 0 amide bonds. The Morgan fingerprint density at radius 2 is 1.79 bits per heavy atom. The van der Waals surface area contributed by atoms with Crippen LogP contribution in [0.4, 0.5) is 0 Å². The number of nitrogens with zero attached hydrogens (tertiary/aromatic N) is 2. The van der Waals surface area contributed by atoms with E-state index in [1.54, 1.807) is 6.26 Å². The van der Waals surface area contributed by atoms with Crippen molar-refractivity contribution in [1.82, 2.24) is 14.9 Å². The Labute approximate surface area is 140 Å². The summed E-state index contributed by atoms with van der Waals surface area (Å²) in [6.45, 7) is 0.649. The number of aromatic nitrogens is 2. The number of nitrogens with one attached hydrogen (secondary N) is 1. The predicted octanol–water partition coefficient (Wildman–Crippen LogP) is 4.05. The third-order valence-corrected chi connectivity index (χ3v) is 4.27. The number of hydrogen-bond donors (Lipinski definition) is 1. The van der Waals surface area contributed by atoms with Crippen LogP contribution < -0.4 is 5.32 Å². The zero-order valence-corrected chi connectivity index (χ0v) is 13.5. The standard InChI is InChI=1S/C20H19N3O/c1-23-18-12-6-5-11-17(18)22-20(23)19(15-8-3-2-4-9-15)21-14-16-10-7-13-24-16/h2-13,19,21H,14H2,1H3/t19-/m1/s1. The third kappa shape index (κ3) is 2.72. The van der Waals surface area contributed by atoms with Crippen LogP contribution in [0.2, 0.25) is 0 Å². The molecule has 0 spiro atoms. The SMILES string of the molecule is Cn1c([C@H](NCc2ccco2)c2ccccc2)nc2ccccc21. The van der Waals surface area contributed by atoms with Crippen molar-refractivity contribution in [2.75, 3.05) is 0 Å². The molecule has 24 heavy (non-hydrogen) atoms. The Kier molecular flexibility index (Phi) is 3.89. The molecule has 0 aliphatic heterocycles. The number of hydrogen-bond acceptors (Lipinski definition) is 3. The molecule has 2 aromatic carbocycles. The van der Waals surface area contributed by atoms with E-state index in [9.17, 15) is 0 Å². The number of benzene rings is 2. The van der Waals surface area contributed by atoms with Gasteiger partial charge in [-0.05, 0) is 29.8 Å². The highest BCUT2D eigenvalue weighted by Gasteiger charge is 2.20. The fraction of sp³-hybridized carbons (Fsp3) is 0.150. The normalized spacial score (nSPS) is 12.5. The van der Waals surface area contributed by atoms with Crippen LogP contribution in [0.15, 0.2) is 77.4 Å². The molecule has 0 saturated carbocycles. The second kappa shape index (κ2) is 6.34. The number of furan rings is 1. The molecule has 4 nitrogen and oxygen atoms in total. The minimum atomic E-state index is -0.00583. The van der Waals surface area contributed by atoms with Gasteiger partial charge in [-0.25, -0.2) is 4.98 Å². The number of aryl methyl sites for hydroxylation is 1. The van der Waals surface area contributed by atoms with Crippen LogP contribution in [0.5, 0.6) is 0 Å². The lowest BCUT2D eigenvalue weighted by Crippen LogP contribution is -2.24. The van der Waals surface area contributed by atoms with Gasteiger partial charge in [0, 0.05) is 7.05 Å². The maximum Gasteiger partial charge on any atom is 0.131 e. The van der Waals surface area contributed by atoms with Crippen molar-refractivity contribution >= 4 is 11.0 Å². The first-order valence-corrected chi connectivity index (χ1v) is 8.05. The average Bonchev–Trinajstić information content (AvgIpc) is 3.25. The van der Waals surface area contributed by atoms with E-state index in [-0.39, 0.29) is 6.04 Å². The molecule has 2 aromatic heterocycles. The zero-order valence-electron chi connectivity index (χ0n) is 13.5. The van der Waals surface area contributed by atoms with Gasteiger partial charge < -0.3 is 8.98 Å². The van der Waals surface area contributed by atoms with Gasteiger partial charge in [-0.1, -0.05) is 42.5 Å². The van der Waals surface area contributed by atoms with Crippen LogP contribution in [0.1, 0.15) is 23.2 Å². The van der Waals surface area contributed by atoms with E-state index in [0.29, 0.717) is 6.54 Å². The highest BCUT2D eigenvalue weighted by molar-refractivity contribution is 5.76. The van der Waals surface area contributed by atoms with Crippen molar-refractivity contribution in [1.29, 1.82) is 0 Å². The van der Waals surface area contributed by atoms with E-state index in [1.165, 1.54) is 5.56 Å². The van der Waals surface area contributed by atoms with Crippen LogP contribution in [0.3, 0.4) is 0 Å². The molecule has 0 saturated heterocycles. The molecule has 4 rings (SSSR count). The van der Waals surface area contributed by atoms with E-state index < -0.39 is 0 Å². The van der Waals surface area contributed by atoms with Crippen molar-refractivity contribution in [2.24, 2.45) is 7.05 Å². The highest BCUT2D eigenvalue weighted by atomic mass is 16.3. The second-order valence-corrected chi connectivity index (χ2v) is 5.82. The highest BCUT2D eigenvalue weighted by Crippen LogP contribution is 2.25. The van der Waals surface area contributed by atoms with Crippen molar-refractivity contribution in [2.45, 2.75) is 12.6 Å². The monoisotopic (exact) mass is 317 g/mol. The molecule has 1 N–H and O–H groups in total. The smallest absolute Gasteiger partial charge is 0.131 e. The molecule has 2 heterocycles. The van der Waals surface area contributed by atoms with Gasteiger partial charge in [0.2, 0.25) is 0 Å². The van der Waals surface area contributed by atoms with Gasteiger partial charge in [0.25, 0.3) is 0 Å². The van der Waals surface area contributed by atoms with Crippen LogP contribution >= 0.6 is 0 Å². The molecule has 0 radical (unpaired) electrons. The molecular weight excluding hydrogens is 298 g/mol. The summed E-state index contributed by atoms with van der Waals surface area (Å²) in [6.07, 6.45) is 1.70. The van der Waals surface area contributed by atoms with E-state index in [1.807, 2.05) is 36.4 Å². The van der Waals surface area contributed by atoms with Crippen molar-refractivity contribution in [3.8, 4) is 0 Å². The minimum absolute atomic E-state index is 0.00583. The number of rotatable bonds is 5. The molecular formula is C20H19N3O. The number of para-hydroxylation sites is 2. The molecule has 1 atom stereocenters. The van der Waals surface area contributed by atoms with E-state index in [2.05, 4.69) is 47.3 Å².